The van der Waals surface area contributed by atoms with Gasteiger partial charge in [0.05, 0.1) is 6.61 Å². The summed E-state index contributed by atoms with van der Waals surface area (Å²) in [5.74, 6) is -0.127. The number of nitrogens with two attached hydrogens (primary N) is 1. The largest absolute Gasteiger partial charge is 0.399 e. The minimum absolute atomic E-state index is 0.127. The van der Waals surface area contributed by atoms with Crippen LogP contribution in [0.4, 0.5) is 11.4 Å². The van der Waals surface area contributed by atoms with Crippen LogP contribution >= 0.6 is 0 Å². The summed E-state index contributed by atoms with van der Waals surface area (Å²) in [7, 11) is 1.67. The Labute approximate surface area is 124 Å². The molecule has 2 aromatic rings. The van der Waals surface area contributed by atoms with Crippen LogP contribution in [0.5, 0.6) is 0 Å². The summed E-state index contributed by atoms with van der Waals surface area (Å²) in [5.41, 5.74) is 9.74. The van der Waals surface area contributed by atoms with E-state index in [4.69, 9.17) is 10.5 Å². The molecule has 0 saturated heterocycles. The number of amides is 1. The quantitative estimate of drug-likeness (QED) is 0.829. The maximum absolute atomic E-state index is 12.4. The topological polar surface area (TPSA) is 64.3 Å². The maximum Gasteiger partial charge on any atom is 0.255 e. The molecule has 2 rings (SSSR count). The van der Waals surface area contributed by atoms with Gasteiger partial charge in [0.2, 0.25) is 0 Å². The van der Waals surface area contributed by atoms with Crippen LogP contribution in [0, 0.1) is 6.92 Å². The number of methoxy groups -OCH3 is 1. The molecule has 4 nitrogen and oxygen atoms in total. The molecular formula is C17H20N2O2. The van der Waals surface area contributed by atoms with Gasteiger partial charge in [0.1, 0.15) is 0 Å². The van der Waals surface area contributed by atoms with Crippen molar-refractivity contribution >= 4 is 17.3 Å². The molecule has 2 aromatic carbocycles. The van der Waals surface area contributed by atoms with E-state index < -0.39 is 0 Å². The molecule has 0 aliphatic carbocycles. The first-order chi connectivity index (χ1) is 10.1. The molecule has 0 aliphatic heterocycles. The molecule has 0 saturated carbocycles. The first-order valence-electron chi connectivity index (χ1n) is 6.86. The van der Waals surface area contributed by atoms with Crippen molar-refractivity contribution in [3.05, 3.63) is 59.2 Å². The van der Waals surface area contributed by atoms with Crippen LogP contribution in [0.3, 0.4) is 0 Å². The number of carbonyl (C=O) groups is 1. The van der Waals surface area contributed by atoms with Crippen molar-refractivity contribution in [3.63, 3.8) is 0 Å². The lowest BCUT2D eigenvalue weighted by Gasteiger charge is -2.12. The number of rotatable bonds is 5. The van der Waals surface area contributed by atoms with Crippen molar-refractivity contribution in [1.82, 2.24) is 0 Å². The molecule has 0 fully saturated rings. The van der Waals surface area contributed by atoms with E-state index in [0.717, 1.165) is 23.2 Å². The number of carbonyl (C=O) groups excluding carboxylic acids is 1. The standard InChI is InChI=1S/C17H20N2O2/c1-12-11-14(18)7-8-15(12)17(20)19-16-6-4-3-5-13(16)9-10-21-2/h3-8,11H,9-10,18H2,1-2H3,(H,19,20). The Balaban J connectivity index is 2.19. The van der Waals surface area contributed by atoms with Crippen molar-refractivity contribution in [2.45, 2.75) is 13.3 Å². The molecule has 1 amide bonds. The zero-order valence-electron chi connectivity index (χ0n) is 12.3. The van der Waals surface area contributed by atoms with Gasteiger partial charge in [-0.2, -0.15) is 0 Å². The Morgan fingerprint density at radius 1 is 1.24 bits per heavy atom. The fourth-order valence-electron chi connectivity index (χ4n) is 2.20. The third-order valence-electron chi connectivity index (χ3n) is 3.34. The Morgan fingerprint density at radius 3 is 2.71 bits per heavy atom. The highest BCUT2D eigenvalue weighted by molar-refractivity contribution is 6.05. The van der Waals surface area contributed by atoms with E-state index in [0.29, 0.717) is 17.9 Å². The summed E-state index contributed by atoms with van der Waals surface area (Å²) >= 11 is 0. The minimum Gasteiger partial charge on any atom is -0.399 e. The number of hydrogen-bond donors (Lipinski definition) is 2. The molecule has 0 heterocycles. The second kappa shape index (κ2) is 6.90. The van der Waals surface area contributed by atoms with Crippen LogP contribution in [-0.4, -0.2) is 19.6 Å². The average Bonchev–Trinajstić information content (AvgIpc) is 2.46. The molecule has 0 radical (unpaired) electrons. The van der Waals surface area contributed by atoms with Gasteiger partial charge in [-0.1, -0.05) is 18.2 Å². The monoisotopic (exact) mass is 284 g/mol. The van der Waals surface area contributed by atoms with Crippen LogP contribution in [0.1, 0.15) is 21.5 Å². The van der Waals surface area contributed by atoms with Gasteiger partial charge in [0, 0.05) is 24.0 Å². The predicted molar refractivity (Wildman–Crippen MR) is 85.6 cm³/mol. The van der Waals surface area contributed by atoms with E-state index >= 15 is 0 Å². The summed E-state index contributed by atoms with van der Waals surface area (Å²) < 4.78 is 5.10. The lowest BCUT2D eigenvalue weighted by atomic mass is 10.1. The summed E-state index contributed by atoms with van der Waals surface area (Å²) in [5, 5.41) is 2.96. The van der Waals surface area contributed by atoms with Gasteiger partial charge in [-0.15, -0.1) is 0 Å². The molecule has 4 heteroatoms. The normalized spacial score (nSPS) is 10.4. The van der Waals surface area contributed by atoms with Crippen molar-refractivity contribution in [1.29, 1.82) is 0 Å². The lowest BCUT2D eigenvalue weighted by Crippen LogP contribution is -2.15. The number of para-hydroxylation sites is 1. The van der Waals surface area contributed by atoms with Crippen LogP contribution in [-0.2, 0) is 11.2 Å². The van der Waals surface area contributed by atoms with Gasteiger partial charge in [-0.3, -0.25) is 4.79 Å². The fourth-order valence-corrected chi connectivity index (χ4v) is 2.20. The highest BCUT2D eigenvalue weighted by Gasteiger charge is 2.11. The van der Waals surface area contributed by atoms with Crippen LogP contribution in [0.15, 0.2) is 42.5 Å². The van der Waals surface area contributed by atoms with Gasteiger partial charge in [0.15, 0.2) is 0 Å². The predicted octanol–water partition coefficient (Wildman–Crippen LogP) is 3.02. The molecule has 0 spiro atoms. The van der Waals surface area contributed by atoms with E-state index in [1.165, 1.54) is 0 Å². The molecule has 110 valence electrons. The van der Waals surface area contributed by atoms with E-state index in [1.54, 1.807) is 25.3 Å². The molecule has 0 atom stereocenters. The van der Waals surface area contributed by atoms with E-state index in [9.17, 15) is 4.79 Å². The van der Waals surface area contributed by atoms with Gasteiger partial charge in [-0.25, -0.2) is 0 Å². The first-order valence-corrected chi connectivity index (χ1v) is 6.86. The van der Waals surface area contributed by atoms with Crippen molar-refractivity contribution in [2.75, 3.05) is 24.8 Å². The number of nitrogen functional groups attached to an aromatic ring is 1. The van der Waals surface area contributed by atoms with Gasteiger partial charge in [0.25, 0.3) is 5.91 Å². The van der Waals surface area contributed by atoms with Crippen molar-refractivity contribution < 1.29 is 9.53 Å². The number of aryl methyl sites for hydroxylation is 1. The van der Waals surface area contributed by atoms with E-state index in [-0.39, 0.29) is 5.91 Å². The van der Waals surface area contributed by atoms with Crippen molar-refractivity contribution in [3.8, 4) is 0 Å². The Bertz CT molecular complexity index is 638. The van der Waals surface area contributed by atoms with Crippen LogP contribution in [0.25, 0.3) is 0 Å². The lowest BCUT2D eigenvalue weighted by molar-refractivity contribution is 0.102. The summed E-state index contributed by atoms with van der Waals surface area (Å²) in [6.07, 6.45) is 0.758. The molecule has 0 aromatic heterocycles. The maximum atomic E-state index is 12.4. The van der Waals surface area contributed by atoms with Crippen LogP contribution < -0.4 is 11.1 Å². The third-order valence-corrected chi connectivity index (χ3v) is 3.34. The number of nitrogens with one attached hydrogen (secondary N) is 1. The Kier molecular flexibility index (Phi) is 4.95. The molecule has 0 bridgehead atoms. The number of anilines is 2. The molecule has 3 N–H and O–H groups in total. The van der Waals surface area contributed by atoms with Gasteiger partial charge >= 0.3 is 0 Å². The average molecular weight is 284 g/mol. The third kappa shape index (κ3) is 3.83. The Morgan fingerprint density at radius 2 is 2.00 bits per heavy atom. The summed E-state index contributed by atoms with van der Waals surface area (Å²) in [4.78, 5) is 12.4. The number of ether oxygens (including phenoxy) is 1. The highest BCUT2D eigenvalue weighted by Crippen LogP contribution is 2.19. The van der Waals surface area contributed by atoms with E-state index in [2.05, 4.69) is 5.32 Å². The molecule has 21 heavy (non-hydrogen) atoms. The van der Waals surface area contributed by atoms with Gasteiger partial charge in [-0.05, 0) is 48.7 Å². The zero-order valence-corrected chi connectivity index (χ0v) is 12.3. The van der Waals surface area contributed by atoms with Crippen LogP contribution in [0.2, 0.25) is 0 Å². The van der Waals surface area contributed by atoms with Gasteiger partial charge < -0.3 is 15.8 Å². The summed E-state index contributed by atoms with van der Waals surface area (Å²) in [6.45, 7) is 2.50. The highest BCUT2D eigenvalue weighted by atomic mass is 16.5. The van der Waals surface area contributed by atoms with E-state index in [1.807, 2.05) is 31.2 Å². The smallest absolute Gasteiger partial charge is 0.255 e. The molecule has 0 unspecified atom stereocenters. The molecular weight excluding hydrogens is 264 g/mol. The second-order valence-electron chi connectivity index (χ2n) is 4.93. The SMILES string of the molecule is COCCc1ccccc1NC(=O)c1ccc(N)cc1C. The zero-order chi connectivity index (χ0) is 15.2. The summed E-state index contributed by atoms with van der Waals surface area (Å²) in [6, 6.07) is 13.0. The fraction of sp³-hybridized carbons (Fsp3) is 0.235. The van der Waals surface area contributed by atoms with Crippen molar-refractivity contribution in [2.24, 2.45) is 0 Å². The number of hydrogen-bond acceptors (Lipinski definition) is 3. The minimum atomic E-state index is -0.127. The first kappa shape index (κ1) is 15.1. The number of benzene rings is 2. The molecule has 0 aliphatic rings. The Hall–Kier alpha value is -2.33. The second-order valence-corrected chi connectivity index (χ2v) is 4.93.